The highest BCUT2D eigenvalue weighted by atomic mass is 79.9. The third kappa shape index (κ3) is 8.38. The second-order valence-corrected chi connectivity index (χ2v) is 8.03. The Morgan fingerprint density at radius 3 is 2.18 bits per heavy atom. The molecule has 0 atom stereocenters. The van der Waals surface area contributed by atoms with E-state index >= 15 is 0 Å². The number of nitrogens with one attached hydrogen (secondary N) is 3. The highest BCUT2D eigenvalue weighted by Crippen LogP contribution is 2.18. The molecular formula is C24H22BrN3O5S. The minimum atomic E-state index is -0.488. The second kappa shape index (κ2) is 13.2. The minimum Gasteiger partial charge on any atom is -0.490 e. The van der Waals surface area contributed by atoms with Gasteiger partial charge in [0.15, 0.2) is 11.7 Å². The summed E-state index contributed by atoms with van der Waals surface area (Å²) in [7, 11) is 0. The van der Waals surface area contributed by atoms with Crippen LogP contribution in [-0.2, 0) is 4.79 Å². The molecule has 0 spiro atoms. The summed E-state index contributed by atoms with van der Waals surface area (Å²) in [5, 5.41) is 2.42. The van der Waals surface area contributed by atoms with Gasteiger partial charge in [-0.1, -0.05) is 46.3 Å². The van der Waals surface area contributed by atoms with Crippen molar-refractivity contribution in [1.82, 2.24) is 16.2 Å². The summed E-state index contributed by atoms with van der Waals surface area (Å²) in [6, 6.07) is 23.2. The van der Waals surface area contributed by atoms with Crippen molar-refractivity contribution in [3.05, 3.63) is 88.9 Å². The minimum absolute atomic E-state index is 0.0794. The van der Waals surface area contributed by atoms with E-state index in [0.29, 0.717) is 18.1 Å². The number of carbonyl (C=O) groups excluding carboxylic acids is 2. The van der Waals surface area contributed by atoms with Crippen molar-refractivity contribution < 1.29 is 23.8 Å². The molecule has 3 rings (SSSR count). The number of halogens is 1. The second-order valence-electron chi connectivity index (χ2n) is 6.71. The first-order valence-electron chi connectivity index (χ1n) is 10.2. The lowest BCUT2D eigenvalue weighted by Gasteiger charge is -2.14. The molecule has 0 aliphatic carbocycles. The molecule has 10 heteroatoms. The number of ether oxygens (including phenoxy) is 3. The molecular weight excluding hydrogens is 522 g/mol. The van der Waals surface area contributed by atoms with Crippen molar-refractivity contribution in [3.63, 3.8) is 0 Å². The Bertz CT molecular complexity index is 1110. The van der Waals surface area contributed by atoms with E-state index in [1.54, 1.807) is 48.5 Å². The van der Waals surface area contributed by atoms with E-state index < -0.39 is 11.8 Å². The smallest absolute Gasteiger partial charge is 0.276 e. The monoisotopic (exact) mass is 543 g/mol. The summed E-state index contributed by atoms with van der Waals surface area (Å²) in [6.45, 7) is 0.331. The SMILES string of the molecule is O=C(COc1ccc(Br)cc1)NNC(=S)NC(=O)c1ccccc1OCCOc1ccccc1. The lowest BCUT2D eigenvalue weighted by molar-refractivity contribution is -0.123. The zero-order chi connectivity index (χ0) is 24.2. The first kappa shape index (κ1) is 25.0. The highest BCUT2D eigenvalue weighted by Gasteiger charge is 2.14. The maximum Gasteiger partial charge on any atom is 0.276 e. The van der Waals surface area contributed by atoms with Crippen LogP contribution in [0.3, 0.4) is 0 Å². The summed E-state index contributed by atoms with van der Waals surface area (Å²) in [6.07, 6.45) is 0. The standard InChI is InChI=1S/C24H22BrN3O5S/c25-17-10-12-19(13-11-17)33-16-22(29)27-28-24(34)26-23(30)20-8-4-5-9-21(20)32-15-14-31-18-6-2-1-3-7-18/h1-13H,14-16H2,(H,27,29)(H2,26,28,30,34). The molecule has 176 valence electrons. The Hall–Kier alpha value is -3.63. The van der Waals surface area contributed by atoms with Crippen molar-refractivity contribution in [2.45, 2.75) is 0 Å². The van der Waals surface area contributed by atoms with Gasteiger partial charge in [0.2, 0.25) is 0 Å². The van der Waals surface area contributed by atoms with Crippen LogP contribution in [0.25, 0.3) is 0 Å². The Balaban J connectivity index is 1.41. The van der Waals surface area contributed by atoms with Gasteiger partial charge < -0.3 is 14.2 Å². The molecule has 3 N–H and O–H groups in total. The van der Waals surface area contributed by atoms with Gasteiger partial charge in [-0.3, -0.25) is 25.8 Å². The first-order valence-corrected chi connectivity index (χ1v) is 11.4. The maximum absolute atomic E-state index is 12.6. The number of thiocarbonyl (C=S) groups is 1. The van der Waals surface area contributed by atoms with E-state index in [2.05, 4.69) is 32.1 Å². The first-order chi connectivity index (χ1) is 16.5. The molecule has 0 aliphatic rings. The van der Waals surface area contributed by atoms with Gasteiger partial charge in [-0.05, 0) is 60.7 Å². The van der Waals surface area contributed by atoms with Crippen LogP contribution in [0.4, 0.5) is 0 Å². The van der Waals surface area contributed by atoms with Crippen LogP contribution in [0.2, 0.25) is 0 Å². The fraction of sp³-hybridized carbons (Fsp3) is 0.125. The molecule has 3 aromatic rings. The number of amides is 2. The van der Waals surface area contributed by atoms with Gasteiger partial charge >= 0.3 is 0 Å². The van der Waals surface area contributed by atoms with Gasteiger partial charge in [0.05, 0.1) is 5.56 Å². The molecule has 0 unspecified atom stereocenters. The largest absolute Gasteiger partial charge is 0.490 e. The summed E-state index contributed by atoms with van der Waals surface area (Å²) in [5.74, 6) is 0.698. The van der Waals surface area contributed by atoms with E-state index in [0.717, 1.165) is 10.2 Å². The van der Waals surface area contributed by atoms with E-state index in [1.807, 2.05) is 30.3 Å². The normalized spacial score (nSPS) is 10.0. The molecule has 0 radical (unpaired) electrons. The fourth-order valence-electron chi connectivity index (χ4n) is 2.65. The zero-order valence-corrected chi connectivity index (χ0v) is 20.4. The van der Waals surface area contributed by atoms with Crippen LogP contribution in [0.1, 0.15) is 10.4 Å². The number of rotatable bonds is 9. The van der Waals surface area contributed by atoms with E-state index in [1.165, 1.54) is 0 Å². The van der Waals surface area contributed by atoms with Gasteiger partial charge in [-0.25, -0.2) is 0 Å². The fourth-order valence-corrected chi connectivity index (χ4v) is 3.06. The van der Waals surface area contributed by atoms with Crippen LogP contribution in [0.5, 0.6) is 17.2 Å². The van der Waals surface area contributed by atoms with Crippen LogP contribution in [-0.4, -0.2) is 36.7 Å². The molecule has 34 heavy (non-hydrogen) atoms. The number of benzene rings is 3. The number of hydrazine groups is 1. The van der Waals surface area contributed by atoms with Crippen molar-refractivity contribution in [2.75, 3.05) is 19.8 Å². The van der Waals surface area contributed by atoms with Crippen LogP contribution < -0.4 is 30.4 Å². The third-order valence-corrected chi connectivity index (χ3v) is 4.94. The zero-order valence-electron chi connectivity index (χ0n) is 18.0. The average molecular weight is 544 g/mol. The molecule has 0 heterocycles. The topological polar surface area (TPSA) is 97.9 Å². The van der Waals surface area contributed by atoms with Crippen LogP contribution >= 0.6 is 28.1 Å². The quantitative estimate of drug-likeness (QED) is 0.215. The molecule has 2 amide bonds. The predicted molar refractivity (Wildman–Crippen MR) is 135 cm³/mol. The van der Waals surface area contributed by atoms with Crippen LogP contribution in [0, 0.1) is 0 Å². The summed E-state index contributed by atoms with van der Waals surface area (Å²) in [4.78, 5) is 24.6. The Morgan fingerprint density at radius 1 is 0.765 bits per heavy atom. The van der Waals surface area contributed by atoms with Crippen molar-refractivity contribution >= 4 is 45.1 Å². The third-order valence-electron chi connectivity index (χ3n) is 4.21. The van der Waals surface area contributed by atoms with E-state index in [-0.39, 0.29) is 23.9 Å². The van der Waals surface area contributed by atoms with Gasteiger partial charge in [-0.2, -0.15) is 0 Å². The molecule has 0 saturated heterocycles. The maximum atomic E-state index is 12.6. The molecule has 3 aromatic carbocycles. The number of hydrogen-bond acceptors (Lipinski definition) is 6. The van der Waals surface area contributed by atoms with Crippen LogP contribution in [0.15, 0.2) is 83.3 Å². The average Bonchev–Trinajstić information content (AvgIpc) is 2.86. The van der Waals surface area contributed by atoms with E-state index in [4.69, 9.17) is 26.4 Å². The Labute approximate surface area is 210 Å². The predicted octanol–water partition coefficient (Wildman–Crippen LogP) is 3.62. The van der Waals surface area contributed by atoms with Gasteiger partial charge in [-0.15, -0.1) is 0 Å². The molecule has 0 fully saturated rings. The molecule has 0 saturated carbocycles. The number of para-hydroxylation sites is 2. The van der Waals surface area contributed by atoms with Crippen molar-refractivity contribution in [2.24, 2.45) is 0 Å². The highest BCUT2D eigenvalue weighted by molar-refractivity contribution is 9.10. The van der Waals surface area contributed by atoms with Gasteiger partial charge in [0, 0.05) is 4.47 Å². The summed E-state index contributed by atoms with van der Waals surface area (Å²) in [5.41, 5.74) is 5.12. The number of carbonyl (C=O) groups is 2. The molecule has 0 bridgehead atoms. The molecule has 0 aromatic heterocycles. The molecule has 0 aliphatic heterocycles. The van der Waals surface area contributed by atoms with Crippen molar-refractivity contribution in [1.29, 1.82) is 0 Å². The lowest BCUT2D eigenvalue weighted by Crippen LogP contribution is -2.49. The summed E-state index contributed by atoms with van der Waals surface area (Å²) < 4.78 is 17.6. The van der Waals surface area contributed by atoms with Crippen molar-refractivity contribution in [3.8, 4) is 17.2 Å². The Morgan fingerprint density at radius 2 is 1.41 bits per heavy atom. The number of hydrogen-bond donors (Lipinski definition) is 3. The molecule has 8 nitrogen and oxygen atoms in total. The lowest BCUT2D eigenvalue weighted by atomic mass is 10.2. The van der Waals surface area contributed by atoms with E-state index in [9.17, 15) is 9.59 Å². The summed E-state index contributed by atoms with van der Waals surface area (Å²) >= 11 is 8.40. The van der Waals surface area contributed by atoms with Gasteiger partial charge in [0.25, 0.3) is 11.8 Å². The Kier molecular flexibility index (Phi) is 9.68. The van der Waals surface area contributed by atoms with Gasteiger partial charge in [0.1, 0.15) is 30.5 Å².